The van der Waals surface area contributed by atoms with Crippen LogP contribution in [0.3, 0.4) is 0 Å². The van der Waals surface area contributed by atoms with Crippen molar-refractivity contribution in [1.29, 1.82) is 0 Å². The minimum atomic E-state index is -0.450. The third-order valence-electron chi connectivity index (χ3n) is 3.31. The van der Waals surface area contributed by atoms with Crippen LogP contribution < -0.4 is 9.47 Å². The van der Waals surface area contributed by atoms with Crippen molar-refractivity contribution in [3.05, 3.63) is 23.8 Å². The highest BCUT2D eigenvalue weighted by atomic mass is 16.7. The molecule has 4 heteroatoms. The number of hydrogen-bond acceptors (Lipinski definition) is 4. The lowest BCUT2D eigenvalue weighted by Gasteiger charge is -2.35. The average molecular weight is 266 g/mol. The van der Waals surface area contributed by atoms with E-state index in [0.29, 0.717) is 5.92 Å². The molecule has 0 amide bonds. The predicted octanol–water partition coefficient (Wildman–Crippen LogP) is 2.65. The summed E-state index contributed by atoms with van der Waals surface area (Å²) >= 11 is 0. The third-order valence-corrected chi connectivity index (χ3v) is 3.31. The molecule has 0 N–H and O–H groups in total. The first-order valence-corrected chi connectivity index (χ1v) is 6.53. The van der Waals surface area contributed by atoms with Gasteiger partial charge in [-0.2, -0.15) is 0 Å². The van der Waals surface area contributed by atoms with Gasteiger partial charge in [0.1, 0.15) is 0 Å². The van der Waals surface area contributed by atoms with Crippen LogP contribution in [0.2, 0.25) is 0 Å². The van der Waals surface area contributed by atoms with Gasteiger partial charge in [0, 0.05) is 5.92 Å². The summed E-state index contributed by atoms with van der Waals surface area (Å²) in [4.78, 5) is 0. The number of benzene rings is 1. The lowest BCUT2D eigenvalue weighted by Crippen LogP contribution is -2.39. The smallest absolute Gasteiger partial charge is 0.162 e. The van der Waals surface area contributed by atoms with E-state index in [1.165, 1.54) is 5.56 Å². The molecule has 1 fully saturated rings. The Morgan fingerprint density at radius 1 is 1.11 bits per heavy atom. The van der Waals surface area contributed by atoms with E-state index in [1.54, 1.807) is 14.2 Å². The summed E-state index contributed by atoms with van der Waals surface area (Å²) < 4.78 is 21.9. The van der Waals surface area contributed by atoms with Crippen molar-refractivity contribution >= 4 is 0 Å². The average Bonchev–Trinajstić information content (AvgIpc) is 2.41. The number of methoxy groups -OCH3 is 2. The van der Waals surface area contributed by atoms with E-state index in [-0.39, 0.29) is 0 Å². The number of hydrogen-bond donors (Lipinski definition) is 0. The van der Waals surface area contributed by atoms with Gasteiger partial charge in [-0.3, -0.25) is 0 Å². The van der Waals surface area contributed by atoms with Gasteiger partial charge in [-0.05, 0) is 38.0 Å². The van der Waals surface area contributed by atoms with Gasteiger partial charge in [0.25, 0.3) is 0 Å². The molecule has 1 saturated heterocycles. The van der Waals surface area contributed by atoms with Crippen LogP contribution in [0, 0.1) is 5.92 Å². The summed E-state index contributed by atoms with van der Waals surface area (Å²) in [6.07, 6.45) is 0.913. The fourth-order valence-electron chi connectivity index (χ4n) is 2.19. The van der Waals surface area contributed by atoms with Crippen molar-refractivity contribution in [3.8, 4) is 11.5 Å². The molecule has 4 nitrogen and oxygen atoms in total. The first-order chi connectivity index (χ1) is 9.04. The van der Waals surface area contributed by atoms with Gasteiger partial charge in [0.15, 0.2) is 17.3 Å². The van der Waals surface area contributed by atoms with Crippen LogP contribution >= 0.6 is 0 Å². The molecule has 2 rings (SSSR count). The summed E-state index contributed by atoms with van der Waals surface area (Å²) in [5.74, 6) is 1.45. The van der Waals surface area contributed by atoms with Crippen molar-refractivity contribution in [1.82, 2.24) is 0 Å². The molecule has 0 bridgehead atoms. The Kier molecular flexibility index (Phi) is 4.32. The summed E-state index contributed by atoms with van der Waals surface area (Å²) in [5.41, 5.74) is 1.20. The molecule has 1 aliphatic heterocycles. The Morgan fingerprint density at radius 3 is 2.32 bits per heavy atom. The molecule has 0 atom stereocenters. The van der Waals surface area contributed by atoms with Gasteiger partial charge in [0.2, 0.25) is 0 Å². The van der Waals surface area contributed by atoms with Crippen molar-refractivity contribution in [2.45, 2.75) is 26.1 Å². The van der Waals surface area contributed by atoms with Gasteiger partial charge in [-0.25, -0.2) is 0 Å². The molecule has 1 aromatic rings. The second kappa shape index (κ2) is 5.80. The van der Waals surface area contributed by atoms with E-state index in [9.17, 15) is 0 Å². The van der Waals surface area contributed by atoms with E-state index < -0.39 is 5.79 Å². The normalized spacial score (nSPS) is 19.2. The SMILES string of the molecule is COc1ccc(CC2COC(C)(C)OC2)cc1OC. The Balaban J connectivity index is 2.00. The Morgan fingerprint density at radius 2 is 1.74 bits per heavy atom. The van der Waals surface area contributed by atoms with E-state index in [1.807, 2.05) is 26.0 Å². The van der Waals surface area contributed by atoms with Crippen LogP contribution in [0.5, 0.6) is 11.5 Å². The fraction of sp³-hybridized carbons (Fsp3) is 0.600. The predicted molar refractivity (Wildman–Crippen MR) is 72.7 cm³/mol. The Bertz CT molecular complexity index is 418. The number of ether oxygens (including phenoxy) is 4. The van der Waals surface area contributed by atoms with E-state index in [0.717, 1.165) is 31.1 Å². The summed E-state index contributed by atoms with van der Waals surface area (Å²) in [6.45, 7) is 5.34. The van der Waals surface area contributed by atoms with Gasteiger partial charge in [-0.1, -0.05) is 6.07 Å². The summed E-state index contributed by atoms with van der Waals surface area (Å²) in [5, 5.41) is 0. The van der Waals surface area contributed by atoms with Crippen LogP contribution in [0.25, 0.3) is 0 Å². The molecular weight excluding hydrogens is 244 g/mol. The van der Waals surface area contributed by atoms with E-state index in [4.69, 9.17) is 18.9 Å². The van der Waals surface area contributed by atoms with Gasteiger partial charge in [0.05, 0.1) is 27.4 Å². The molecule has 1 heterocycles. The summed E-state index contributed by atoms with van der Waals surface area (Å²) in [7, 11) is 3.29. The maximum absolute atomic E-state index is 5.67. The summed E-state index contributed by atoms with van der Waals surface area (Å²) in [6, 6.07) is 6.00. The molecule has 1 aromatic carbocycles. The molecule has 106 valence electrons. The molecule has 0 aliphatic carbocycles. The van der Waals surface area contributed by atoms with E-state index >= 15 is 0 Å². The Hall–Kier alpha value is -1.26. The van der Waals surface area contributed by atoms with E-state index in [2.05, 4.69) is 6.07 Å². The standard InChI is InChI=1S/C15H22O4/c1-15(2)18-9-12(10-19-15)7-11-5-6-13(16-3)14(8-11)17-4/h5-6,8,12H,7,9-10H2,1-4H3. The fourth-order valence-corrected chi connectivity index (χ4v) is 2.19. The lowest BCUT2D eigenvalue weighted by atomic mass is 9.99. The lowest BCUT2D eigenvalue weighted by molar-refractivity contribution is -0.261. The highest BCUT2D eigenvalue weighted by Crippen LogP contribution is 2.29. The highest BCUT2D eigenvalue weighted by molar-refractivity contribution is 5.43. The highest BCUT2D eigenvalue weighted by Gasteiger charge is 2.28. The minimum absolute atomic E-state index is 0.381. The van der Waals surface area contributed by atoms with Crippen molar-refractivity contribution in [2.75, 3.05) is 27.4 Å². The molecule has 0 unspecified atom stereocenters. The van der Waals surface area contributed by atoms with Crippen molar-refractivity contribution in [2.24, 2.45) is 5.92 Å². The van der Waals surface area contributed by atoms with Gasteiger partial charge >= 0.3 is 0 Å². The van der Waals surface area contributed by atoms with Crippen LogP contribution in [-0.4, -0.2) is 33.2 Å². The maximum Gasteiger partial charge on any atom is 0.162 e. The molecule has 1 aliphatic rings. The minimum Gasteiger partial charge on any atom is -0.493 e. The molecule has 0 spiro atoms. The molecular formula is C15H22O4. The third kappa shape index (κ3) is 3.61. The largest absolute Gasteiger partial charge is 0.493 e. The zero-order chi connectivity index (χ0) is 13.9. The molecule has 0 radical (unpaired) electrons. The van der Waals surface area contributed by atoms with Crippen LogP contribution in [0.1, 0.15) is 19.4 Å². The monoisotopic (exact) mass is 266 g/mol. The van der Waals surface area contributed by atoms with Crippen LogP contribution in [-0.2, 0) is 15.9 Å². The topological polar surface area (TPSA) is 36.9 Å². The zero-order valence-corrected chi connectivity index (χ0v) is 12.1. The second-order valence-electron chi connectivity index (χ2n) is 5.28. The molecule has 0 aromatic heterocycles. The van der Waals surface area contributed by atoms with Crippen molar-refractivity contribution in [3.63, 3.8) is 0 Å². The maximum atomic E-state index is 5.67. The van der Waals surface area contributed by atoms with Gasteiger partial charge < -0.3 is 18.9 Å². The van der Waals surface area contributed by atoms with Gasteiger partial charge in [-0.15, -0.1) is 0 Å². The first-order valence-electron chi connectivity index (χ1n) is 6.53. The van der Waals surface area contributed by atoms with Crippen LogP contribution in [0.4, 0.5) is 0 Å². The second-order valence-corrected chi connectivity index (χ2v) is 5.28. The van der Waals surface area contributed by atoms with Crippen LogP contribution in [0.15, 0.2) is 18.2 Å². The first kappa shape index (κ1) is 14.2. The zero-order valence-electron chi connectivity index (χ0n) is 12.1. The molecule has 0 saturated carbocycles. The van der Waals surface area contributed by atoms with Crippen molar-refractivity contribution < 1.29 is 18.9 Å². The molecule has 19 heavy (non-hydrogen) atoms. The quantitative estimate of drug-likeness (QED) is 0.839. The number of rotatable bonds is 4. The Labute approximate surface area is 114 Å².